The van der Waals surface area contributed by atoms with Crippen LogP contribution in [0.1, 0.15) is 44.2 Å². The van der Waals surface area contributed by atoms with Crippen LogP contribution in [0.15, 0.2) is 24.3 Å². The van der Waals surface area contributed by atoms with Gasteiger partial charge in [0.15, 0.2) is 0 Å². The molecule has 20 heavy (non-hydrogen) atoms. The molecule has 2 heteroatoms. The molecule has 1 aromatic rings. The fraction of sp³-hybridized carbons (Fsp3) is 0.556. The molecule has 2 rings (SSSR count). The first-order valence-corrected chi connectivity index (χ1v) is 7.50. The lowest BCUT2D eigenvalue weighted by Gasteiger charge is -2.38. The van der Waals surface area contributed by atoms with E-state index in [1.807, 2.05) is 6.07 Å². The second kappa shape index (κ2) is 6.92. The Morgan fingerprint density at radius 3 is 2.95 bits per heavy atom. The molecular weight excluding hydrogens is 246 g/mol. The number of benzene rings is 1. The van der Waals surface area contributed by atoms with Gasteiger partial charge in [0, 0.05) is 25.1 Å². The van der Waals surface area contributed by atoms with Gasteiger partial charge in [0.25, 0.3) is 0 Å². The number of hydrogen-bond donors (Lipinski definition) is 1. The number of rotatable bonds is 3. The minimum Gasteiger partial charge on any atom is -0.395 e. The predicted octanol–water partition coefficient (Wildman–Crippen LogP) is 3.04. The second-order valence-corrected chi connectivity index (χ2v) is 6.45. The minimum atomic E-state index is 0.134. The molecule has 1 aromatic carbocycles. The van der Waals surface area contributed by atoms with E-state index in [4.69, 9.17) is 5.11 Å². The summed E-state index contributed by atoms with van der Waals surface area (Å²) in [6, 6.07) is 8.46. The fourth-order valence-corrected chi connectivity index (χ4v) is 2.91. The molecular formula is C18H25NO. The lowest BCUT2D eigenvalue weighted by molar-refractivity contribution is 0.111. The van der Waals surface area contributed by atoms with Crippen molar-refractivity contribution in [3.05, 3.63) is 35.4 Å². The van der Waals surface area contributed by atoms with E-state index in [0.717, 1.165) is 12.1 Å². The Kier molecular flexibility index (Phi) is 5.23. The summed E-state index contributed by atoms with van der Waals surface area (Å²) >= 11 is 0. The summed E-state index contributed by atoms with van der Waals surface area (Å²) < 4.78 is 0. The second-order valence-electron chi connectivity index (χ2n) is 6.45. The van der Waals surface area contributed by atoms with Crippen molar-refractivity contribution >= 4 is 0 Å². The zero-order chi connectivity index (χ0) is 14.4. The molecule has 1 aliphatic heterocycles. The molecule has 0 spiro atoms. The highest BCUT2D eigenvalue weighted by molar-refractivity contribution is 5.37. The SMILES string of the molecule is CC1(C)CCCN(Cc2cccc(C#CCCO)c2)C1. The lowest BCUT2D eigenvalue weighted by atomic mass is 9.84. The van der Waals surface area contributed by atoms with E-state index in [0.29, 0.717) is 11.8 Å². The average molecular weight is 271 g/mol. The maximum Gasteiger partial charge on any atom is 0.0540 e. The van der Waals surface area contributed by atoms with Gasteiger partial charge in [-0.3, -0.25) is 4.90 Å². The van der Waals surface area contributed by atoms with Crippen LogP contribution in [0.3, 0.4) is 0 Å². The number of piperidine rings is 1. The van der Waals surface area contributed by atoms with Crippen molar-refractivity contribution in [2.24, 2.45) is 5.41 Å². The van der Waals surface area contributed by atoms with Crippen molar-refractivity contribution in [3.63, 3.8) is 0 Å². The fourth-order valence-electron chi connectivity index (χ4n) is 2.91. The summed E-state index contributed by atoms with van der Waals surface area (Å²) in [4.78, 5) is 2.55. The largest absolute Gasteiger partial charge is 0.395 e. The normalized spacial score (nSPS) is 18.4. The highest BCUT2D eigenvalue weighted by atomic mass is 16.2. The van der Waals surface area contributed by atoms with Crippen LogP contribution in [0.2, 0.25) is 0 Å². The molecule has 1 heterocycles. The molecule has 1 saturated heterocycles. The monoisotopic (exact) mass is 271 g/mol. The molecule has 0 unspecified atom stereocenters. The van der Waals surface area contributed by atoms with Crippen LogP contribution in [0.5, 0.6) is 0 Å². The summed E-state index contributed by atoms with van der Waals surface area (Å²) in [5, 5.41) is 8.76. The summed E-state index contributed by atoms with van der Waals surface area (Å²) in [5.41, 5.74) is 2.82. The number of likely N-dealkylation sites (tertiary alicyclic amines) is 1. The molecule has 0 bridgehead atoms. The average Bonchev–Trinajstić information content (AvgIpc) is 2.38. The van der Waals surface area contributed by atoms with Crippen LogP contribution in [-0.4, -0.2) is 29.7 Å². The lowest BCUT2D eigenvalue weighted by Crippen LogP contribution is -2.39. The van der Waals surface area contributed by atoms with E-state index in [2.05, 4.69) is 48.8 Å². The van der Waals surface area contributed by atoms with Gasteiger partial charge < -0.3 is 5.11 Å². The zero-order valence-corrected chi connectivity index (χ0v) is 12.7. The summed E-state index contributed by atoms with van der Waals surface area (Å²) in [5.74, 6) is 6.09. The third-order valence-electron chi connectivity index (χ3n) is 3.78. The molecule has 0 aliphatic carbocycles. The van der Waals surface area contributed by atoms with Crippen molar-refractivity contribution in [1.82, 2.24) is 4.90 Å². The van der Waals surface area contributed by atoms with Crippen LogP contribution < -0.4 is 0 Å². The van der Waals surface area contributed by atoms with Crippen molar-refractivity contribution in [1.29, 1.82) is 0 Å². The van der Waals surface area contributed by atoms with Crippen molar-refractivity contribution in [3.8, 4) is 11.8 Å². The summed E-state index contributed by atoms with van der Waals surface area (Å²) in [6.07, 6.45) is 3.17. The van der Waals surface area contributed by atoms with Crippen LogP contribution >= 0.6 is 0 Å². The third kappa shape index (κ3) is 4.67. The molecule has 0 aromatic heterocycles. The van der Waals surface area contributed by atoms with Crippen molar-refractivity contribution < 1.29 is 5.11 Å². The first kappa shape index (κ1) is 15.1. The number of aliphatic hydroxyl groups is 1. The standard InChI is InChI=1S/C18H25NO/c1-18(2)10-6-11-19(15-18)14-17-9-5-8-16(13-17)7-3-4-12-20/h5,8-9,13,20H,4,6,10-12,14-15H2,1-2H3. The topological polar surface area (TPSA) is 23.5 Å². The Balaban J connectivity index is 1.99. The van der Waals surface area contributed by atoms with Crippen molar-refractivity contribution in [2.45, 2.75) is 39.7 Å². The van der Waals surface area contributed by atoms with E-state index in [1.54, 1.807) is 0 Å². The van der Waals surface area contributed by atoms with Crippen LogP contribution in [0.4, 0.5) is 0 Å². The van der Waals surface area contributed by atoms with Crippen LogP contribution in [0.25, 0.3) is 0 Å². The van der Waals surface area contributed by atoms with Gasteiger partial charge in [-0.25, -0.2) is 0 Å². The zero-order valence-electron chi connectivity index (χ0n) is 12.7. The Labute approximate surface area is 122 Å². The molecule has 0 radical (unpaired) electrons. The quantitative estimate of drug-likeness (QED) is 0.854. The molecule has 1 fully saturated rings. The predicted molar refractivity (Wildman–Crippen MR) is 83.3 cm³/mol. The Morgan fingerprint density at radius 1 is 1.35 bits per heavy atom. The Bertz CT molecular complexity index is 496. The maximum atomic E-state index is 8.76. The van der Waals surface area contributed by atoms with Gasteiger partial charge in [-0.2, -0.15) is 0 Å². The minimum absolute atomic E-state index is 0.134. The number of nitrogens with zero attached hydrogens (tertiary/aromatic N) is 1. The van der Waals surface area contributed by atoms with E-state index >= 15 is 0 Å². The molecule has 2 nitrogen and oxygen atoms in total. The van der Waals surface area contributed by atoms with Gasteiger partial charge in [0.05, 0.1) is 6.61 Å². The van der Waals surface area contributed by atoms with E-state index in [9.17, 15) is 0 Å². The molecule has 1 N–H and O–H groups in total. The van der Waals surface area contributed by atoms with Gasteiger partial charge in [-0.05, 0) is 42.5 Å². The van der Waals surface area contributed by atoms with E-state index < -0.39 is 0 Å². The van der Waals surface area contributed by atoms with E-state index in [-0.39, 0.29) is 6.61 Å². The number of hydrogen-bond acceptors (Lipinski definition) is 2. The van der Waals surface area contributed by atoms with E-state index in [1.165, 1.54) is 31.5 Å². The van der Waals surface area contributed by atoms with Crippen LogP contribution in [0, 0.1) is 17.3 Å². The van der Waals surface area contributed by atoms with Gasteiger partial charge in [0.1, 0.15) is 0 Å². The third-order valence-corrected chi connectivity index (χ3v) is 3.78. The maximum absolute atomic E-state index is 8.76. The smallest absolute Gasteiger partial charge is 0.0540 e. The van der Waals surface area contributed by atoms with Gasteiger partial charge >= 0.3 is 0 Å². The van der Waals surface area contributed by atoms with Crippen LogP contribution in [-0.2, 0) is 6.54 Å². The Hall–Kier alpha value is -1.30. The van der Waals surface area contributed by atoms with Gasteiger partial charge in [-0.1, -0.05) is 37.8 Å². The first-order valence-electron chi connectivity index (χ1n) is 7.50. The number of aliphatic hydroxyl groups excluding tert-OH is 1. The van der Waals surface area contributed by atoms with Gasteiger partial charge in [-0.15, -0.1) is 0 Å². The Morgan fingerprint density at radius 2 is 2.20 bits per heavy atom. The highest BCUT2D eigenvalue weighted by Gasteiger charge is 2.25. The summed E-state index contributed by atoms with van der Waals surface area (Å²) in [6.45, 7) is 8.23. The molecule has 0 atom stereocenters. The highest BCUT2D eigenvalue weighted by Crippen LogP contribution is 2.29. The summed E-state index contributed by atoms with van der Waals surface area (Å²) in [7, 11) is 0. The molecule has 0 saturated carbocycles. The first-order chi connectivity index (χ1) is 9.59. The van der Waals surface area contributed by atoms with Gasteiger partial charge in [0.2, 0.25) is 0 Å². The molecule has 1 aliphatic rings. The molecule has 0 amide bonds. The van der Waals surface area contributed by atoms with Crippen molar-refractivity contribution in [2.75, 3.05) is 19.7 Å². The molecule has 108 valence electrons.